The number of thiazole rings is 1. The van der Waals surface area contributed by atoms with Crippen LogP contribution in [0.2, 0.25) is 5.02 Å². The number of phenols is 1. The number of aromatic nitrogens is 1. The van der Waals surface area contributed by atoms with Gasteiger partial charge in [-0.1, -0.05) is 11.6 Å². The fraction of sp³-hybridized carbons (Fsp3) is 0.231. The molecular formula is C13H12ClNO3S. The molecule has 0 saturated carbocycles. The van der Waals surface area contributed by atoms with Crippen LogP contribution in [0, 0.1) is 0 Å². The average Bonchev–Trinajstić information content (AvgIpc) is 2.83. The smallest absolute Gasteiger partial charge is 0.357 e. The maximum atomic E-state index is 11.5. The Kier molecular flexibility index (Phi) is 4.39. The zero-order valence-corrected chi connectivity index (χ0v) is 11.8. The van der Waals surface area contributed by atoms with Crippen molar-refractivity contribution in [2.75, 3.05) is 6.61 Å². The minimum atomic E-state index is -0.430. The number of benzene rings is 1. The molecule has 1 heterocycles. The molecule has 1 aromatic heterocycles. The topological polar surface area (TPSA) is 59.4 Å². The van der Waals surface area contributed by atoms with Crippen molar-refractivity contribution >= 4 is 28.9 Å². The molecule has 0 spiro atoms. The highest BCUT2D eigenvalue weighted by Crippen LogP contribution is 2.25. The number of ether oxygens (including phenoxy) is 1. The molecule has 1 aromatic carbocycles. The number of phenolic OH excluding ortho intramolecular Hbond substituents is 1. The molecule has 100 valence electrons. The second-order valence-corrected chi connectivity index (χ2v) is 5.18. The van der Waals surface area contributed by atoms with Crippen molar-refractivity contribution in [3.8, 4) is 5.75 Å². The third-order valence-electron chi connectivity index (χ3n) is 2.42. The molecule has 2 aromatic rings. The third kappa shape index (κ3) is 3.45. The first kappa shape index (κ1) is 13.8. The summed E-state index contributed by atoms with van der Waals surface area (Å²) >= 11 is 7.22. The average molecular weight is 298 g/mol. The van der Waals surface area contributed by atoms with E-state index in [-0.39, 0.29) is 5.75 Å². The van der Waals surface area contributed by atoms with E-state index in [0.29, 0.717) is 29.3 Å². The molecule has 6 heteroatoms. The van der Waals surface area contributed by atoms with Crippen LogP contribution in [0.1, 0.15) is 28.0 Å². The van der Waals surface area contributed by atoms with Crippen LogP contribution in [0.4, 0.5) is 0 Å². The molecule has 2 rings (SSSR count). The van der Waals surface area contributed by atoms with Gasteiger partial charge in [-0.25, -0.2) is 9.78 Å². The fourth-order valence-electron chi connectivity index (χ4n) is 1.55. The lowest BCUT2D eigenvalue weighted by Crippen LogP contribution is -2.05. The van der Waals surface area contributed by atoms with E-state index in [1.165, 1.54) is 17.4 Å². The summed E-state index contributed by atoms with van der Waals surface area (Å²) in [6.45, 7) is 2.07. The van der Waals surface area contributed by atoms with Gasteiger partial charge in [0.25, 0.3) is 0 Å². The Morgan fingerprint density at radius 1 is 1.53 bits per heavy atom. The molecule has 0 aliphatic heterocycles. The number of esters is 1. The quantitative estimate of drug-likeness (QED) is 0.880. The summed E-state index contributed by atoms with van der Waals surface area (Å²) in [5.41, 5.74) is 0.973. The standard InChI is InChI=1S/C13H12ClNO3S/c1-2-18-13(17)10-7-19-12(15-10)6-8-5-9(14)3-4-11(8)16/h3-5,7,16H,2,6H2,1H3. The predicted octanol–water partition coefficient (Wildman–Crippen LogP) is 3.27. The Hall–Kier alpha value is -1.59. The van der Waals surface area contributed by atoms with Crippen molar-refractivity contribution in [2.45, 2.75) is 13.3 Å². The Morgan fingerprint density at radius 3 is 3.05 bits per heavy atom. The normalized spacial score (nSPS) is 10.4. The molecule has 0 atom stereocenters. The summed E-state index contributed by atoms with van der Waals surface area (Å²) in [5, 5.41) is 12.6. The summed E-state index contributed by atoms with van der Waals surface area (Å²) in [7, 11) is 0. The van der Waals surface area contributed by atoms with Crippen LogP contribution in [0.15, 0.2) is 23.6 Å². The number of nitrogens with zero attached hydrogens (tertiary/aromatic N) is 1. The van der Waals surface area contributed by atoms with Gasteiger partial charge in [-0.3, -0.25) is 0 Å². The third-order valence-corrected chi connectivity index (χ3v) is 3.50. The SMILES string of the molecule is CCOC(=O)c1csc(Cc2cc(Cl)ccc2O)n1. The molecule has 1 N–H and O–H groups in total. The van der Waals surface area contributed by atoms with Gasteiger partial charge in [-0.05, 0) is 25.1 Å². The minimum absolute atomic E-state index is 0.164. The van der Waals surface area contributed by atoms with Crippen LogP contribution in [-0.4, -0.2) is 22.7 Å². The van der Waals surface area contributed by atoms with E-state index >= 15 is 0 Å². The first-order valence-electron chi connectivity index (χ1n) is 5.69. The maximum absolute atomic E-state index is 11.5. The Labute approximate surface area is 119 Å². The van der Waals surface area contributed by atoms with Gasteiger partial charge in [0.1, 0.15) is 5.75 Å². The van der Waals surface area contributed by atoms with E-state index in [9.17, 15) is 9.90 Å². The Morgan fingerprint density at radius 2 is 2.32 bits per heavy atom. The van der Waals surface area contributed by atoms with Gasteiger partial charge in [0, 0.05) is 22.4 Å². The molecule has 0 aliphatic rings. The van der Waals surface area contributed by atoms with Gasteiger partial charge in [0.05, 0.1) is 11.6 Å². The Bertz CT molecular complexity index is 597. The number of hydrogen-bond donors (Lipinski definition) is 1. The lowest BCUT2D eigenvalue weighted by atomic mass is 10.1. The van der Waals surface area contributed by atoms with Gasteiger partial charge in [-0.15, -0.1) is 11.3 Å². The molecule has 0 aliphatic carbocycles. The number of carbonyl (C=O) groups is 1. The number of rotatable bonds is 4. The lowest BCUT2D eigenvalue weighted by molar-refractivity contribution is 0.0520. The number of halogens is 1. The van der Waals surface area contributed by atoms with E-state index < -0.39 is 5.97 Å². The van der Waals surface area contributed by atoms with E-state index in [1.807, 2.05) is 0 Å². The summed E-state index contributed by atoms with van der Waals surface area (Å²) in [6, 6.07) is 4.84. The fourth-order valence-corrected chi connectivity index (χ4v) is 2.53. The summed E-state index contributed by atoms with van der Waals surface area (Å²) in [6.07, 6.45) is 0.427. The van der Waals surface area contributed by atoms with Gasteiger partial charge < -0.3 is 9.84 Å². The highest BCUT2D eigenvalue weighted by atomic mass is 35.5. The van der Waals surface area contributed by atoms with Crippen LogP contribution in [-0.2, 0) is 11.2 Å². The van der Waals surface area contributed by atoms with Crippen LogP contribution in [0.3, 0.4) is 0 Å². The molecule has 0 bridgehead atoms. The summed E-state index contributed by atoms with van der Waals surface area (Å²) < 4.78 is 4.87. The predicted molar refractivity (Wildman–Crippen MR) is 74.0 cm³/mol. The Balaban J connectivity index is 2.15. The largest absolute Gasteiger partial charge is 0.508 e. The maximum Gasteiger partial charge on any atom is 0.357 e. The number of hydrogen-bond acceptors (Lipinski definition) is 5. The van der Waals surface area contributed by atoms with Crippen LogP contribution in [0.5, 0.6) is 5.75 Å². The van der Waals surface area contributed by atoms with Crippen molar-refractivity contribution in [3.05, 3.63) is 44.9 Å². The second-order valence-electron chi connectivity index (χ2n) is 3.80. The van der Waals surface area contributed by atoms with Gasteiger partial charge in [0.15, 0.2) is 5.69 Å². The first-order valence-corrected chi connectivity index (χ1v) is 6.95. The zero-order chi connectivity index (χ0) is 13.8. The van der Waals surface area contributed by atoms with Crippen molar-refractivity contribution < 1.29 is 14.6 Å². The van der Waals surface area contributed by atoms with Crippen molar-refractivity contribution in [1.29, 1.82) is 0 Å². The molecule has 0 fully saturated rings. The highest BCUT2D eigenvalue weighted by Gasteiger charge is 2.13. The molecule has 4 nitrogen and oxygen atoms in total. The van der Waals surface area contributed by atoms with Crippen LogP contribution >= 0.6 is 22.9 Å². The zero-order valence-electron chi connectivity index (χ0n) is 10.2. The summed E-state index contributed by atoms with van der Waals surface area (Å²) in [4.78, 5) is 15.7. The summed E-state index contributed by atoms with van der Waals surface area (Å²) in [5.74, 6) is -0.266. The molecule has 0 radical (unpaired) electrons. The molecule has 0 saturated heterocycles. The molecule has 0 unspecified atom stereocenters. The second kappa shape index (κ2) is 6.04. The number of aromatic hydroxyl groups is 1. The van der Waals surface area contributed by atoms with Crippen LogP contribution < -0.4 is 0 Å². The molecular weight excluding hydrogens is 286 g/mol. The van der Waals surface area contributed by atoms with E-state index in [2.05, 4.69) is 4.98 Å². The van der Waals surface area contributed by atoms with Crippen LogP contribution in [0.25, 0.3) is 0 Å². The number of carbonyl (C=O) groups excluding carboxylic acids is 1. The highest BCUT2D eigenvalue weighted by molar-refractivity contribution is 7.09. The van der Waals surface area contributed by atoms with Gasteiger partial charge in [0.2, 0.25) is 0 Å². The van der Waals surface area contributed by atoms with Crippen molar-refractivity contribution in [2.24, 2.45) is 0 Å². The van der Waals surface area contributed by atoms with Crippen molar-refractivity contribution in [3.63, 3.8) is 0 Å². The monoisotopic (exact) mass is 297 g/mol. The minimum Gasteiger partial charge on any atom is -0.508 e. The van der Waals surface area contributed by atoms with E-state index in [1.54, 1.807) is 24.4 Å². The molecule has 19 heavy (non-hydrogen) atoms. The van der Waals surface area contributed by atoms with Gasteiger partial charge in [-0.2, -0.15) is 0 Å². The first-order chi connectivity index (χ1) is 9.10. The lowest BCUT2D eigenvalue weighted by Gasteiger charge is -2.02. The van der Waals surface area contributed by atoms with Gasteiger partial charge >= 0.3 is 5.97 Å². The van der Waals surface area contributed by atoms with E-state index in [4.69, 9.17) is 16.3 Å². The van der Waals surface area contributed by atoms with Crippen molar-refractivity contribution in [1.82, 2.24) is 4.98 Å². The molecule has 0 amide bonds. The van der Waals surface area contributed by atoms with E-state index in [0.717, 1.165) is 5.01 Å².